The Balaban J connectivity index is 2.49. The summed E-state index contributed by atoms with van der Waals surface area (Å²) < 4.78 is 5.53. The second kappa shape index (κ2) is 6.05. The van der Waals surface area contributed by atoms with Crippen LogP contribution in [0.2, 0.25) is 0 Å². The molecule has 0 aliphatic rings. The standard InChI is InChI=1S/C16H16O3/c1-2-19-14-11-7-6-10-13(14)15(16(17)18)12-8-4-3-5-9-12/h3-11,15H,2H2,1H3,(H,17,18). The van der Waals surface area contributed by atoms with E-state index in [0.29, 0.717) is 17.9 Å². The Morgan fingerprint density at radius 1 is 1.11 bits per heavy atom. The number of hydrogen-bond acceptors (Lipinski definition) is 2. The zero-order valence-corrected chi connectivity index (χ0v) is 10.7. The van der Waals surface area contributed by atoms with Crippen LogP contribution in [0.4, 0.5) is 0 Å². The first-order chi connectivity index (χ1) is 9.24. The summed E-state index contributed by atoms with van der Waals surface area (Å²) in [6, 6.07) is 16.5. The van der Waals surface area contributed by atoms with Gasteiger partial charge in [0.05, 0.1) is 6.61 Å². The van der Waals surface area contributed by atoms with E-state index in [1.54, 1.807) is 12.1 Å². The van der Waals surface area contributed by atoms with Crippen LogP contribution < -0.4 is 4.74 Å². The summed E-state index contributed by atoms with van der Waals surface area (Å²) in [5.74, 6) is -0.955. The first-order valence-corrected chi connectivity index (χ1v) is 6.23. The van der Waals surface area contributed by atoms with Crippen molar-refractivity contribution in [1.82, 2.24) is 0 Å². The molecule has 3 nitrogen and oxygen atoms in total. The van der Waals surface area contributed by atoms with Crippen molar-refractivity contribution in [1.29, 1.82) is 0 Å². The van der Waals surface area contributed by atoms with Gasteiger partial charge < -0.3 is 9.84 Å². The molecule has 1 unspecified atom stereocenters. The van der Waals surface area contributed by atoms with Crippen molar-refractivity contribution in [2.24, 2.45) is 0 Å². The summed E-state index contributed by atoms with van der Waals surface area (Å²) >= 11 is 0. The van der Waals surface area contributed by atoms with Gasteiger partial charge in [0.1, 0.15) is 11.7 Å². The van der Waals surface area contributed by atoms with Crippen molar-refractivity contribution >= 4 is 5.97 Å². The molecule has 2 rings (SSSR count). The van der Waals surface area contributed by atoms with Gasteiger partial charge in [-0.05, 0) is 18.6 Å². The van der Waals surface area contributed by atoms with Gasteiger partial charge in [-0.25, -0.2) is 0 Å². The van der Waals surface area contributed by atoms with Crippen LogP contribution in [0, 0.1) is 0 Å². The lowest BCUT2D eigenvalue weighted by atomic mass is 9.91. The number of aliphatic carboxylic acids is 1. The topological polar surface area (TPSA) is 46.5 Å². The Kier molecular flexibility index (Phi) is 4.18. The van der Waals surface area contributed by atoms with Crippen molar-refractivity contribution in [3.8, 4) is 5.75 Å². The van der Waals surface area contributed by atoms with E-state index < -0.39 is 11.9 Å². The molecule has 0 aromatic heterocycles. The molecule has 1 atom stereocenters. The second-order valence-corrected chi connectivity index (χ2v) is 4.15. The van der Waals surface area contributed by atoms with Gasteiger partial charge in [-0.3, -0.25) is 4.79 Å². The van der Waals surface area contributed by atoms with Crippen LogP contribution >= 0.6 is 0 Å². The van der Waals surface area contributed by atoms with E-state index in [-0.39, 0.29) is 0 Å². The normalized spacial score (nSPS) is 11.8. The maximum absolute atomic E-state index is 11.6. The molecule has 98 valence electrons. The Morgan fingerprint density at radius 2 is 1.74 bits per heavy atom. The SMILES string of the molecule is CCOc1ccccc1C(C(=O)O)c1ccccc1. The van der Waals surface area contributed by atoms with Crippen LogP contribution in [0.15, 0.2) is 54.6 Å². The molecular weight excluding hydrogens is 240 g/mol. The fraction of sp³-hybridized carbons (Fsp3) is 0.188. The highest BCUT2D eigenvalue weighted by Gasteiger charge is 2.24. The number of carbonyl (C=O) groups is 1. The highest BCUT2D eigenvalue weighted by Crippen LogP contribution is 2.32. The quantitative estimate of drug-likeness (QED) is 0.892. The maximum atomic E-state index is 11.6. The third-order valence-corrected chi connectivity index (χ3v) is 2.91. The summed E-state index contributed by atoms with van der Waals surface area (Å²) in [6.07, 6.45) is 0. The predicted molar refractivity (Wildman–Crippen MR) is 73.5 cm³/mol. The third kappa shape index (κ3) is 2.94. The smallest absolute Gasteiger partial charge is 0.315 e. The Hall–Kier alpha value is -2.29. The largest absolute Gasteiger partial charge is 0.494 e. The van der Waals surface area contributed by atoms with Crippen molar-refractivity contribution in [2.45, 2.75) is 12.8 Å². The fourth-order valence-corrected chi connectivity index (χ4v) is 2.11. The monoisotopic (exact) mass is 256 g/mol. The molecule has 0 heterocycles. The minimum Gasteiger partial charge on any atom is -0.494 e. The van der Waals surface area contributed by atoms with Crippen molar-refractivity contribution in [3.05, 3.63) is 65.7 Å². The molecule has 0 radical (unpaired) electrons. The van der Waals surface area contributed by atoms with Crippen LogP contribution in [0.3, 0.4) is 0 Å². The third-order valence-electron chi connectivity index (χ3n) is 2.91. The summed E-state index contributed by atoms with van der Waals surface area (Å²) in [6.45, 7) is 2.40. The highest BCUT2D eigenvalue weighted by atomic mass is 16.5. The first kappa shape index (κ1) is 13.1. The highest BCUT2D eigenvalue weighted by molar-refractivity contribution is 5.81. The van der Waals surface area contributed by atoms with Gasteiger partial charge in [0.2, 0.25) is 0 Å². The number of benzene rings is 2. The molecule has 0 saturated heterocycles. The average molecular weight is 256 g/mol. The second-order valence-electron chi connectivity index (χ2n) is 4.15. The maximum Gasteiger partial charge on any atom is 0.315 e. The lowest BCUT2D eigenvalue weighted by Crippen LogP contribution is -2.14. The zero-order valence-electron chi connectivity index (χ0n) is 10.7. The summed E-state index contributed by atoms with van der Waals surface area (Å²) in [4.78, 5) is 11.6. The molecule has 0 aliphatic carbocycles. The molecule has 0 bridgehead atoms. The van der Waals surface area contributed by atoms with Crippen LogP contribution in [0.25, 0.3) is 0 Å². The first-order valence-electron chi connectivity index (χ1n) is 6.23. The molecule has 2 aromatic rings. The van der Waals surface area contributed by atoms with Gasteiger partial charge in [-0.2, -0.15) is 0 Å². The van der Waals surface area contributed by atoms with Gasteiger partial charge in [0.15, 0.2) is 0 Å². The van der Waals surface area contributed by atoms with Crippen LogP contribution in [0.1, 0.15) is 24.0 Å². The molecular formula is C16H16O3. The fourth-order valence-electron chi connectivity index (χ4n) is 2.11. The van der Waals surface area contributed by atoms with E-state index in [1.807, 2.05) is 49.4 Å². The predicted octanol–water partition coefficient (Wildman–Crippen LogP) is 3.30. The molecule has 2 aromatic carbocycles. The van der Waals surface area contributed by atoms with E-state index >= 15 is 0 Å². The zero-order chi connectivity index (χ0) is 13.7. The van der Waals surface area contributed by atoms with Gasteiger partial charge in [0, 0.05) is 5.56 Å². The Bertz CT molecular complexity index is 549. The van der Waals surface area contributed by atoms with E-state index in [1.165, 1.54) is 0 Å². The lowest BCUT2D eigenvalue weighted by molar-refractivity contribution is -0.137. The number of ether oxygens (including phenoxy) is 1. The summed E-state index contributed by atoms with van der Waals surface area (Å²) in [5, 5.41) is 9.52. The van der Waals surface area contributed by atoms with E-state index in [9.17, 15) is 9.90 Å². The molecule has 1 N–H and O–H groups in total. The molecule has 3 heteroatoms. The molecule has 19 heavy (non-hydrogen) atoms. The number of hydrogen-bond donors (Lipinski definition) is 1. The van der Waals surface area contributed by atoms with Crippen LogP contribution in [-0.2, 0) is 4.79 Å². The summed E-state index contributed by atoms with van der Waals surface area (Å²) in [7, 11) is 0. The van der Waals surface area contributed by atoms with Crippen molar-refractivity contribution in [3.63, 3.8) is 0 Å². The summed E-state index contributed by atoms with van der Waals surface area (Å²) in [5.41, 5.74) is 1.44. The van der Waals surface area contributed by atoms with Gasteiger partial charge in [-0.1, -0.05) is 48.5 Å². The van der Waals surface area contributed by atoms with Crippen molar-refractivity contribution in [2.75, 3.05) is 6.61 Å². The molecule has 0 saturated carbocycles. The average Bonchev–Trinajstić information content (AvgIpc) is 2.42. The molecule has 0 amide bonds. The van der Waals surface area contributed by atoms with E-state index in [4.69, 9.17) is 4.74 Å². The minimum atomic E-state index is -0.877. The number of carboxylic acid groups (broad SMARTS) is 1. The molecule has 0 spiro atoms. The van der Waals surface area contributed by atoms with E-state index in [0.717, 1.165) is 5.56 Å². The minimum absolute atomic E-state index is 0.512. The van der Waals surface area contributed by atoms with Crippen LogP contribution in [-0.4, -0.2) is 17.7 Å². The van der Waals surface area contributed by atoms with Gasteiger partial charge >= 0.3 is 5.97 Å². The Morgan fingerprint density at radius 3 is 2.37 bits per heavy atom. The molecule has 0 aliphatic heterocycles. The van der Waals surface area contributed by atoms with Gasteiger partial charge in [-0.15, -0.1) is 0 Å². The van der Waals surface area contributed by atoms with Crippen LogP contribution in [0.5, 0.6) is 5.75 Å². The van der Waals surface area contributed by atoms with Crippen molar-refractivity contribution < 1.29 is 14.6 Å². The molecule has 0 fully saturated rings. The van der Waals surface area contributed by atoms with Gasteiger partial charge in [0.25, 0.3) is 0 Å². The lowest BCUT2D eigenvalue weighted by Gasteiger charge is -2.17. The number of para-hydroxylation sites is 1. The van der Waals surface area contributed by atoms with E-state index in [2.05, 4.69) is 0 Å². The number of rotatable bonds is 5. The number of carboxylic acids is 1. The Labute approximate surface area is 112 Å².